The molecule has 0 radical (unpaired) electrons. The molecule has 0 saturated heterocycles. The minimum Gasteiger partial charge on any atom is -0.494 e. The van der Waals surface area contributed by atoms with Crippen molar-refractivity contribution in [3.8, 4) is 17.6 Å². The quantitative estimate of drug-likeness (QED) is 0.305. The van der Waals surface area contributed by atoms with E-state index in [1.807, 2.05) is 33.8 Å². The Kier molecular flexibility index (Phi) is 9.64. The van der Waals surface area contributed by atoms with Crippen LogP contribution in [0.3, 0.4) is 0 Å². The summed E-state index contributed by atoms with van der Waals surface area (Å²) in [5, 5.41) is 23.2. The zero-order valence-corrected chi connectivity index (χ0v) is 23.7. The van der Waals surface area contributed by atoms with Crippen molar-refractivity contribution in [1.29, 1.82) is 10.7 Å². The smallest absolute Gasteiger partial charge is 0.273 e. The number of rotatable bonds is 9. The fourth-order valence-electron chi connectivity index (χ4n) is 4.07. The van der Waals surface area contributed by atoms with Gasteiger partial charge in [0.2, 0.25) is 0 Å². The molecule has 2 heterocycles. The van der Waals surface area contributed by atoms with Crippen molar-refractivity contribution >= 4 is 40.2 Å². The minimum atomic E-state index is -0.408. The van der Waals surface area contributed by atoms with Crippen LogP contribution in [0.25, 0.3) is 0 Å². The molecule has 3 N–H and O–H groups in total. The number of aromatic nitrogens is 1. The van der Waals surface area contributed by atoms with Crippen molar-refractivity contribution in [1.82, 2.24) is 15.2 Å². The van der Waals surface area contributed by atoms with Crippen LogP contribution in [-0.4, -0.2) is 61.3 Å². The number of Topliss-reactive ketones (excluding diaryl/α,β-unsaturated/α-hetero) is 1. The maximum Gasteiger partial charge on any atom is 0.273 e. The fourth-order valence-corrected chi connectivity index (χ4v) is 4.07. The lowest BCUT2D eigenvalue weighted by molar-refractivity contribution is 0.0949. The summed E-state index contributed by atoms with van der Waals surface area (Å²) in [4.78, 5) is 31.7. The SMILES string of the molecule is Br.CCOc1cc2c(nc1C(=O)NC)C(=N)N(CC(=O)c1cc(NCC#N)c(OC)c(C(C)(C)C)c1)C2. The van der Waals surface area contributed by atoms with E-state index in [0.29, 0.717) is 47.2 Å². The number of hydrogen-bond acceptors (Lipinski definition) is 8. The number of ether oxygens (including phenoxy) is 2. The molecule has 1 aromatic heterocycles. The predicted molar refractivity (Wildman–Crippen MR) is 146 cm³/mol. The summed E-state index contributed by atoms with van der Waals surface area (Å²) >= 11 is 0. The van der Waals surface area contributed by atoms with Gasteiger partial charge in [-0.05, 0) is 30.5 Å². The van der Waals surface area contributed by atoms with Gasteiger partial charge in [-0.25, -0.2) is 4.98 Å². The lowest BCUT2D eigenvalue weighted by Gasteiger charge is -2.25. The number of hydrogen-bond donors (Lipinski definition) is 3. The second kappa shape index (κ2) is 12.1. The second-order valence-electron chi connectivity index (χ2n) is 9.35. The van der Waals surface area contributed by atoms with Crippen molar-refractivity contribution in [3.05, 3.63) is 46.3 Å². The van der Waals surface area contributed by atoms with Crippen molar-refractivity contribution < 1.29 is 19.1 Å². The van der Waals surface area contributed by atoms with E-state index in [1.54, 1.807) is 30.2 Å². The Morgan fingerprint density at radius 1 is 1.27 bits per heavy atom. The number of fused-ring (bicyclic) bond motifs is 1. The van der Waals surface area contributed by atoms with Gasteiger partial charge in [-0.1, -0.05) is 20.8 Å². The van der Waals surface area contributed by atoms with E-state index in [2.05, 4.69) is 15.6 Å². The number of methoxy groups -OCH3 is 1. The van der Waals surface area contributed by atoms with Crippen molar-refractivity contribution in [2.75, 3.05) is 39.2 Å². The molecule has 0 atom stereocenters. The Hall–Kier alpha value is -3.65. The molecule has 3 rings (SSSR count). The first kappa shape index (κ1) is 29.6. The van der Waals surface area contributed by atoms with E-state index in [1.165, 1.54) is 7.05 Å². The Morgan fingerprint density at radius 2 is 1.97 bits per heavy atom. The number of benzene rings is 1. The molecule has 1 aliphatic heterocycles. The Bertz CT molecular complexity index is 1250. The number of halogens is 1. The molecule has 0 saturated carbocycles. The van der Waals surface area contributed by atoms with Crippen LogP contribution in [-0.2, 0) is 12.0 Å². The highest BCUT2D eigenvalue weighted by atomic mass is 79.9. The Balaban J connectivity index is 0.00000481. The van der Waals surface area contributed by atoms with E-state index in [4.69, 9.17) is 20.1 Å². The maximum atomic E-state index is 13.4. The Morgan fingerprint density at radius 3 is 2.54 bits per heavy atom. The number of nitrogens with one attached hydrogen (secondary N) is 3. The summed E-state index contributed by atoms with van der Waals surface area (Å²) in [7, 11) is 3.06. The highest BCUT2D eigenvalue weighted by Gasteiger charge is 2.31. The highest BCUT2D eigenvalue weighted by Crippen LogP contribution is 2.38. The van der Waals surface area contributed by atoms with Crippen LogP contribution >= 0.6 is 17.0 Å². The third kappa shape index (κ3) is 6.20. The van der Waals surface area contributed by atoms with Gasteiger partial charge >= 0.3 is 0 Å². The highest BCUT2D eigenvalue weighted by molar-refractivity contribution is 8.93. The van der Waals surface area contributed by atoms with Crippen LogP contribution in [0.5, 0.6) is 11.5 Å². The topological polar surface area (TPSA) is 140 Å². The summed E-state index contributed by atoms with van der Waals surface area (Å²) in [5.74, 6) is 0.393. The predicted octanol–water partition coefficient (Wildman–Crippen LogP) is 3.68. The van der Waals surface area contributed by atoms with Gasteiger partial charge in [0.1, 0.15) is 23.8 Å². The van der Waals surface area contributed by atoms with Crippen LogP contribution < -0.4 is 20.1 Å². The summed E-state index contributed by atoms with van der Waals surface area (Å²) in [6.45, 7) is 8.53. The number of nitriles is 1. The molecule has 0 bridgehead atoms. The molecule has 1 aromatic carbocycles. The van der Waals surface area contributed by atoms with Gasteiger partial charge in [-0.15, -0.1) is 17.0 Å². The van der Waals surface area contributed by atoms with Crippen LogP contribution in [0, 0.1) is 16.7 Å². The van der Waals surface area contributed by atoms with Crippen LogP contribution in [0.4, 0.5) is 5.69 Å². The van der Waals surface area contributed by atoms with E-state index < -0.39 is 5.91 Å². The van der Waals surface area contributed by atoms with E-state index in [9.17, 15) is 9.59 Å². The average Bonchev–Trinajstić information content (AvgIpc) is 3.14. The minimum absolute atomic E-state index is 0. The molecule has 0 unspecified atom stereocenters. The molecule has 10 nitrogen and oxygen atoms in total. The average molecular weight is 573 g/mol. The number of nitrogens with zero attached hydrogens (tertiary/aromatic N) is 3. The summed E-state index contributed by atoms with van der Waals surface area (Å²) < 4.78 is 11.2. The molecular formula is C26H33BrN6O4. The molecule has 1 aliphatic rings. The van der Waals surface area contributed by atoms with Crippen molar-refractivity contribution in [2.45, 2.75) is 39.7 Å². The monoisotopic (exact) mass is 572 g/mol. The zero-order valence-electron chi connectivity index (χ0n) is 21.9. The van der Waals surface area contributed by atoms with Gasteiger partial charge in [-0.2, -0.15) is 5.26 Å². The third-order valence-corrected chi connectivity index (χ3v) is 5.83. The number of anilines is 1. The molecule has 11 heteroatoms. The van der Waals surface area contributed by atoms with E-state index >= 15 is 0 Å². The van der Waals surface area contributed by atoms with Gasteiger partial charge in [0.25, 0.3) is 5.91 Å². The number of carbonyl (C=O) groups excluding carboxylic acids is 2. The molecular weight excluding hydrogens is 540 g/mol. The first-order chi connectivity index (χ1) is 17.0. The molecule has 0 aliphatic carbocycles. The second-order valence-corrected chi connectivity index (χ2v) is 9.35. The molecule has 0 fully saturated rings. The van der Waals surface area contributed by atoms with E-state index in [0.717, 1.165) is 5.56 Å². The first-order valence-electron chi connectivity index (χ1n) is 11.6. The first-order valence-corrected chi connectivity index (χ1v) is 11.6. The summed E-state index contributed by atoms with van der Waals surface area (Å²) in [5.41, 5.74) is 2.68. The van der Waals surface area contributed by atoms with Gasteiger partial charge in [0.05, 0.1) is 32.0 Å². The maximum absolute atomic E-state index is 13.4. The van der Waals surface area contributed by atoms with Gasteiger partial charge in [-0.3, -0.25) is 15.0 Å². The number of amides is 1. The van der Waals surface area contributed by atoms with Crippen LogP contribution in [0.2, 0.25) is 0 Å². The standard InChI is InChI=1S/C26H32N6O4.BrH/c1-7-36-20-12-16-13-32(24(28)21(16)31-22(20)25(34)29-5)14-19(33)15-10-17(26(2,3)4)23(35-6)18(11-15)30-9-8-27;/h10-12,28,30H,7,9,13-14H2,1-6H3,(H,29,34);1H. The van der Waals surface area contributed by atoms with Gasteiger partial charge in [0, 0.05) is 30.3 Å². The lowest BCUT2D eigenvalue weighted by atomic mass is 9.84. The number of pyridine rings is 1. The number of carbonyl (C=O) groups is 2. The summed E-state index contributed by atoms with van der Waals surface area (Å²) in [6.07, 6.45) is 0. The molecule has 37 heavy (non-hydrogen) atoms. The molecule has 1 amide bonds. The largest absolute Gasteiger partial charge is 0.494 e. The lowest BCUT2D eigenvalue weighted by Crippen LogP contribution is -2.31. The third-order valence-electron chi connectivity index (χ3n) is 5.83. The molecule has 2 aromatic rings. The molecule has 0 spiro atoms. The number of amidine groups is 1. The van der Waals surface area contributed by atoms with Crippen LogP contribution in [0.15, 0.2) is 18.2 Å². The van der Waals surface area contributed by atoms with Crippen LogP contribution in [0.1, 0.15) is 65.4 Å². The summed E-state index contributed by atoms with van der Waals surface area (Å²) in [6, 6.07) is 7.24. The molecule has 198 valence electrons. The van der Waals surface area contributed by atoms with Gasteiger partial charge < -0.3 is 25.0 Å². The fraction of sp³-hybridized carbons (Fsp3) is 0.423. The zero-order chi connectivity index (χ0) is 26.6. The van der Waals surface area contributed by atoms with E-state index in [-0.39, 0.29) is 52.8 Å². The normalized spacial score (nSPS) is 12.2. The Labute approximate surface area is 227 Å². The number of ketones is 1. The van der Waals surface area contributed by atoms with Crippen molar-refractivity contribution in [2.24, 2.45) is 0 Å². The van der Waals surface area contributed by atoms with Crippen molar-refractivity contribution in [3.63, 3.8) is 0 Å². The van der Waals surface area contributed by atoms with Gasteiger partial charge in [0.15, 0.2) is 17.2 Å².